The Morgan fingerprint density at radius 3 is 2.80 bits per heavy atom. The molecule has 78 valence electrons. The van der Waals surface area contributed by atoms with Crippen LogP contribution in [0.3, 0.4) is 0 Å². The number of aryl methyl sites for hydroxylation is 1. The molecule has 3 aliphatic heterocycles. The first-order valence-electron chi connectivity index (χ1n) is 5.28. The van der Waals surface area contributed by atoms with E-state index in [0.717, 1.165) is 17.7 Å². The smallest absolute Gasteiger partial charge is 0.256 e. The number of rotatable bonds is 1. The van der Waals surface area contributed by atoms with E-state index in [9.17, 15) is 4.79 Å². The molecule has 3 aliphatic rings. The molecular formula is C12H13NO2. The molecule has 0 N–H and O–H groups in total. The van der Waals surface area contributed by atoms with Gasteiger partial charge in [-0.15, -0.1) is 0 Å². The van der Waals surface area contributed by atoms with Crippen LogP contribution in [0.25, 0.3) is 0 Å². The van der Waals surface area contributed by atoms with Crippen molar-refractivity contribution < 1.29 is 9.53 Å². The van der Waals surface area contributed by atoms with Crippen molar-refractivity contribution in [3.63, 3.8) is 0 Å². The predicted molar refractivity (Wildman–Crippen MR) is 56.8 cm³/mol. The Hall–Kier alpha value is -1.35. The molecule has 3 saturated heterocycles. The highest BCUT2D eigenvalue weighted by Crippen LogP contribution is 2.33. The summed E-state index contributed by atoms with van der Waals surface area (Å²) in [7, 11) is 0. The number of carbonyl (C=O) groups is 1. The van der Waals surface area contributed by atoms with Crippen LogP contribution in [0.1, 0.15) is 12.0 Å². The largest absolute Gasteiger partial charge is 0.363 e. The van der Waals surface area contributed by atoms with Gasteiger partial charge in [0, 0.05) is 12.1 Å². The molecule has 0 radical (unpaired) electrons. The summed E-state index contributed by atoms with van der Waals surface area (Å²) in [5, 5.41) is 0. The van der Waals surface area contributed by atoms with E-state index in [1.54, 1.807) is 0 Å². The summed E-state index contributed by atoms with van der Waals surface area (Å²) in [6, 6.07) is 7.99. The second kappa shape index (κ2) is 3.07. The molecule has 3 heterocycles. The number of hydrogen-bond donors (Lipinski definition) is 0. The second-order valence-corrected chi connectivity index (χ2v) is 4.22. The zero-order valence-corrected chi connectivity index (χ0v) is 8.64. The first-order valence-corrected chi connectivity index (χ1v) is 5.28. The Balaban J connectivity index is 1.94. The molecule has 4 rings (SSSR count). The van der Waals surface area contributed by atoms with Crippen LogP contribution in [0, 0.1) is 6.92 Å². The highest BCUT2D eigenvalue weighted by Gasteiger charge is 2.45. The molecule has 3 nitrogen and oxygen atoms in total. The molecule has 2 bridgehead atoms. The van der Waals surface area contributed by atoms with Crippen molar-refractivity contribution in [2.24, 2.45) is 0 Å². The lowest BCUT2D eigenvalue weighted by Crippen LogP contribution is -2.61. The number of ether oxygens (including phenoxy) is 1. The van der Waals surface area contributed by atoms with Gasteiger partial charge in [0.2, 0.25) is 0 Å². The van der Waals surface area contributed by atoms with Gasteiger partial charge in [0.1, 0.15) is 6.10 Å². The van der Waals surface area contributed by atoms with Crippen LogP contribution >= 0.6 is 0 Å². The lowest BCUT2D eigenvalue weighted by atomic mass is 9.96. The van der Waals surface area contributed by atoms with Gasteiger partial charge in [-0.1, -0.05) is 18.2 Å². The normalized spacial score (nSPS) is 28.9. The molecule has 0 saturated carbocycles. The maximum absolute atomic E-state index is 11.9. The predicted octanol–water partition coefficient (Wildman–Crippen LogP) is 1.50. The van der Waals surface area contributed by atoms with E-state index in [1.165, 1.54) is 0 Å². The second-order valence-electron chi connectivity index (χ2n) is 4.22. The Kier molecular flexibility index (Phi) is 1.83. The van der Waals surface area contributed by atoms with Crippen molar-refractivity contribution >= 4 is 11.6 Å². The molecule has 0 aliphatic carbocycles. The van der Waals surface area contributed by atoms with E-state index in [0.29, 0.717) is 6.54 Å². The fourth-order valence-electron chi connectivity index (χ4n) is 2.29. The maximum Gasteiger partial charge on any atom is 0.256 e. The third-order valence-electron chi connectivity index (χ3n) is 3.17. The molecule has 15 heavy (non-hydrogen) atoms. The minimum atomic E-state index is -0.177. The van der Waals surface area contributed by atoms with E-state index in [4.69, 9.17) is 4.74 Å². The lowest BCUT2D eigenvalue weighted by molar-refractivity contribution is -0.169. The molecule has 1 amide bonds. The summed E-state index contributed by atoms with van der Waals surface area (Å²) < 4.78 is 5.39. The van der Waals surface area contributed by atoms with Gasteiger partial charge in [-0.3, -0.25) is 4.79 Å². The van der Waals surface area contributed by atoms with Crippen LogP contribution in [-0.4, -0.2) is 24.7 Å². The van der Waals surface area contributed by atoms with Gasteiger partial charge in [0.05, 0.1) is 12.6 Å². The van der Waals surface area contributed by atoms with Gasteiger partial charge in [0.25, 0.3) is 5.91 Å². The molecular weight excluding hydrogens is 190 g/mol. The zero-order chi connectivity index (χ0) is 10.4. The van der Waals surface area contributed by atoms with E-state index < -0.39 is 0 Å². The Morgan fingerprint density at radius 2 is 2.13 bits per heavy atom. The van der Waals surface area contributed by atoms with Crippen LogP contribution < -0.4 is 4.90 Å². The summed E-state index contributed by atoms with van der Waals surface area (Å²) in [6.07, 6.45) is 0.983. The first-order chi connectivity index (χ1) is 7.25. The molecule has 2 unspecified atom stereocenters. The number of hydrogen-bond acceptors (Lipinski definition) is 2. The van der Waals surface area contributed by atoms with Gasteiger partial charge in [-0.25, -0.2) is 0 Å². The number of benzene rings is 1. The van der Waals surface area contributed by atoms with Crippen LogP contribution in [0.2, 0.25) is 0 Å². The van der Waals surface area contributed by atoms with Crippen LogP contribution in [-0.2, 0) is 9.53 Å². The number of fused-ring (bicyclic) bond motifs is 2. The minimum Gasteiger partial charge on any atom is -0.363 e. The third-order valence-corrected chi connectivity index (χ3v) is 3.17. The lowest BCUT2D eigenvalue weighted by Gasteiger charge is -2.46. The van der Waals surface area contributed by atoms with E-state index in [1.807, 2.05) is 36.1 Å². The van der Waals surface area contributed by atoms with Gasteiger partial charge in [0.15, 0.2) is 0 Å². The molecule has 1 aromatic rings. The molecule has 0 aromatic heterocycles. The van der Waals surface area contributed by atoms with E-state index in [2.05, 4.69) is 0 Å². The summed E-state index contributed by atoms with van der Waals surface area (Å²) >= 11 is 0. The van der Waals surface area contributed by atoms with Gasteiger partial charge >= 0.3 is 0 Å². The zero-order valence-electron chi connectivity index (χ0n) is 8.64. The summed E-state index contributed by atoms with van der Waals surface area (Å²) in [6.45, 7) is 2.74. The monoisotopic (exact) mass is 203 g/mol. The number of carbonyl (C=O) groups excluding carboxylic acids is 1. The minimum absolute atomic E-state index is 0.117. The average Bonchev–Trinajstić information content (AvgIpc) is 2.17. The average molecular weight is 203 g/mol. The molecule has 3 heteroatoms. The Labute approximate surface area is 88.6 Å². The van der Waals surface area contributed by atoms with Gasteiger partial charge in [-0.2, -0.15) is 0 Å². The van der Waals surface area contributed by atoms with Crippen molar-refractivity contribution in [1.82, 2.24) is 0 Å². The van der Waals surface area contributed by atoms with Crippen molar-refractivity contribution in [3.05, 3.63) is 29.8 Å². The van der Waals surface area contributed by atoms with Crippen LogP contribution in [0.15, 0.2) is 24.3 Å². The van der Waals surface area contributed by atoms with Crippen LogP contribution in [0.4, 0.5) is 5.69 Å². The number of para-hydroxylation sites is 1. The van der Waals surface area contributed by atoms with Crippen molar-refractivity contribution in [3.8, 4) is 0 Å². The number of nitrogens with zero attached hydrogens (tertiary/aromatic N) is 1. The Morgan fingerprint density at radius 1 is 1.40 bits per heavy atom. The van der Waals surface area contributed by atoms with Gasteiger partial charge < -0.3 is 9.64 Å². The molecule has 0 spiro atoms. The number of piperidine rings is 1. The molecule has 3 fully saturated rings. The fraction of sp³-hybridized carbons (Fsp3) is 0.417. The number of anilines is 1. The fourth-order valence-corrected chi connectivity index (χ4v) is 2.29. The van der Waals surface area contributed by atoms with E-state index in [-0.39, 0.29) is 18.1 Å². The van der Waals surface area contributed by atoms with Crippen LogP contribution in [0.5, 0.6) is 0 Å². The summed E-state index contributed by atoms with van der Waals surface area (Å²) in [4.78, 5) is 13.8. The third kappa shape index (κ3) is 1.27. The summed E-state index contributed by atoms with van der Waals surface area (Å²) in [5.74, 6) is 0.117. The summed E-state index contributed by atoms with van der Waals surface area (Å²) in [5.41, 5.74) is 2.17. The molecule has 1 aromatic carbocycles. The van der Waals surface area contributed by atoms with Crippen molar-refractivity contribution in [1.29, 1.82) is 0 Å². The first kappa shape index (κ1) is 8.92. The quantitative estimate of drug-likeness (QED) is 0.692. The van der Waals surface area contributed by atoms with E-state index >= 15 is 0 Å². The SMILES string of the molecule is Cc1ccccc1N1CC2CC(O2)C1=O. The maximum atomic E-state index is 11.9. The van der Waals surface area contributed by atoms with Crippen molar-refractivity contribution in [2.75, 3.05) is 11.4 Å². The highest BCUT2D eigenvalue weighted by atomic mass is 16.5. The molecule has 2 atom stereocenters. The number of morpholine rings is 1. The van der Waals surface area contributed by atoms with Gasteiger partial charge in [-0.05, 0) is 18.6 Å². The number of amides is 1. The highest BCUT2D eigenvalue weighted by molar-refractivity contribution is 5.99. The Bertz CT molecular complexity index is 410. The van der Waals surface area contributed by atoms with Crippen molar-refractivity contribution in [2.45, 2.75) is 25.6 Å². The standard InChI is InChI=1S/C12H13NO2/c1-8-4-2-3-5-10(8)13-7-9-6-11(15-9)12(13)14/h2-5,9,11H,6-7H2,1H3. The topological polar surface area (TPSA) is 29.5 Å².